The molecule has 2 amide bonds. The summed E-state index contributed by atoms with van der Waals surface area (Å²) >= 11 is 1.31. The molecule has 2 aromatic rings. The zero-order valence-electron chi connectivity index (χ0n) is 12.5. The van der Waals surface area contributed by atoms with Gasteiger partial charge in [0, 0.05) is 12.1 Å². The molecule has 0 radical (unpaired) electrons. The summed E-state index contributed by atoms with van der Waals surface area (Å²) in [6.07, 6.45) is 2.48. The summed E-state index contributed by atoms with van der Waals surface area (Å²) in [5.41, 5.74) is 1.53. The first-order chi connectivity index (χ1) is 11.1. The van der Waals surface area contributed by atoms with E-state index < -0.39 is 6.04 Å². The summed E-state index contributed by atoms with van der Waals surface area (Å²) in [5, 5.41) is 7.44. The van der Waals surface area contributed by atoms with Gasteiger partial charge in [-0.2, -0.15) is 0 Å². The second kappa shape index (κ2) is 6.91. The lowest BCUT2D eigenvalue weighted by Crippen LogP contribution is -2.45. The van der Waals surface area contributed by atoms with E-state index in [4.69, 9.17) is 0 Å². The van der Waals surface area contributed by atoms with Gasteiger partial charge in [-0.1, -0.05) is 12.1 Å². The predicted molar refractivity (Wildman–Crippen MR) is 87.8 cm³/mol. The molecule has 6 heteroatoms. The van der Waals surface area contributed by atoms with E-state index in [9.17, 15) is 14.0 Å². The van der Waals surface area contributed by atoms with E-state index in [1.807, 2.05) is 11.4 Å². The lowest BCUT2D eigenvalue weighted by atomic mass is 10.1. The van der Waals surface area contributed by atoms with E-state index in [0.717, 1.165) is 24.0 Å². The molecule has 120 valence electrons. The van der Waals surface area contributed by atoms with Crippen LogP contribution in [0.5, 0.6) is 0 Å². The highest BCUT2D eigenvalue weighted by Crippen LogP contribution is 2.28. The minimum Gasteiger partial charge on any atom is -0.354 e. The Morgan fingerprint density at radius 3 is 2.78 bits per heavy atom. The maximum absolute atomic E-state index is 13.1. The Bertz CT molecular complexity index is 712. The third kappa shape index (κ3) is 3.59. The van der Waals surface area contributed by atoms with Crippen molar-refractivity contribution in [3.8, 4) is 11.1 Å². The fraction of sp³-hybridized carbons (Fsp3) is 0.294. The lowest BCUT2D eigenvalue weighted by molar-refractivity contribution is -0.122. The van der Waals surface area contributed by atoms with Gasteiger partial charge in [0.05, 0.1) is 4.88 Å². The van der Waals surface area contributed by atoms with Crippen LogP contribution >= 0.6 is 11.3 Å². The fourth-order valence-corrected chi connectivity index (χ4v) is 3.46. The molecular formula is C17H17FN2O2S. The predicted octanol–water partition coefficient (Wildman–Crippen LogP) is 2.95. The zero-order chi connectivity index (χ0) is 16.2. The Balaban J connectivity index is 1.79. The van der Waals surface area contributed by atoms with Gasteiger partial charge in [0.15, 0.2) is 0 Å². The average Bonchev–Trinajstić information content (AvgIpc) is 2.95. The summed E-state index contributed by atoms with van der Waals surface area (Å²) in [6, 6.07) is 7.37. The molecule has 0 spiro atoms. The molecule has 0 aliphatic carbocycles. The Labute approximate surface area is 137 Å². The molecule has 1 fully saturated rings. The summed E-state index contributed by atoms with van der Waals surface area (Å²) in [7, 11) is 0. The number of hydrogen-bond acceptors (Lipinski definition) is 3. The van der Waals surface area contributed by atoms with Crippen LogP contribution in [0, 0.1) is 5.82 Å². The first-order valence-corrected chi connectivity index (χ1v) is 8.45. The molecule has 3 rings (SSSR count). The van der Waals surface area contributed by atoms with E-state index in [2.05, 4.69) is 10.6 Å². The van der Waals surface area contributed by atoms with Crippen molar-refractivity contribution >= 4 is 23.2 Å². The Hall–Kier alpha value is -2.21. The molecule has 4 nitrogen and oxygen atoms in total. The number of thiophene rings is 1. The quantitative estimate of drug-likeness (QED) is 0.908. The second-order valence-electron chi connectivity index (χ2n) is 5.48. The molecule has 0 bridgehead atoms. The molecule has 1 saturated heterocycles. The Kier molecular flexibility index (Phi) is 4.71. The number of amides is 2. The van der Waals surface area contributed by atoms with Crippen LogP contribution in [0.1, 0.15) is 28.9 Å². The molecule has 1 aromatic heterocycles. The van der Waals surface area contributed by atoms with Crippen molar-refractivity contribution in [2.75, 3.05) is 6.54 Å². The first kappa shape index (κ1) is 15.7. The Morgan fingerprint density at radius 1 is 1.22 bits per heavy atom. The molecule has 0 saturated carbocycles. The topological polar surface area (TPSA) is 58.2 Å². The van der Waals surface area contributed by atoms with Gasteiger partial charge in [-0.25, -0.2) is 4.39 Å². The molecule has 0 unspecified atom stereocenters. The van der Waals surface area contributed by atoms with Crippen LogP contribution in [0.4, 0.5) is 4.39 Å². The van der Waals surface area contributed by atoms with E-state index >= 15 is 0 Å². The fourth-order valence-electron chi connectivity index (χ4n) is 2.64. The Morgan fingerprint density at radius 2 is 2.00 bits per heavy atom. The second-order valence-corrected chi connectivity index (χ2v) is 6.40. The standard InChI is InChI=1S/C17H17FN2O2S/c18-12-6-4-11(5-7-12)13-8-10-23-15(13)17(22)20-14-3-1-2-9-19-16(14)21/h4-8,10,14H,1-3,9H2,(H,19,21)(H,20,22)/t14-/m1/s1. The molecule has 2 N–H and O–H groups in total. The number of halogens is 1. The van der Waals surface area contributed by atoms with Crippen molar-refractivity contribution in [1.29, 1.82) is 0 Å². The van der Waals surface area contributed by atoms with Crippen LogP contribution in [0.25, 0.3) is 11.1 Å². The van der Waals surface area contributed by atoms with Gasteiger partial charge >= 0.3 is 0 Å². The molecule has 1 aromatic carbocycles. The largest absolute Gasteiger partial charge is 0.354 e. The summed E-state index contributed by atoms with van der Waals surface area (Å²) in [4.78, 5) is 25.0. The van der Waals surface area contributed by atoms with Crippen molar-refractivity contribution in [3.05, 3.63) is 46.4 Å². The van der Waals surface area contributed by atoms with Gasteiger partial charge < -0.3 is 10.6 Å². The highest BCUT2D eigenvalue weighted by Gasteiger charge is 2.24. The van der Waals surface area contributed by atoms with Gasteiger partial charge in [-0.3, -0.25) is 9.59 Å². The van der Waals surface area contributed by atoms with Crippen LogP contribution in [0.3, 0.4) is 0 Å². The normalized spacial score (nSPS) is 18.1. The number of nitrogens with one attached hydrogen (secondary N) is 2. The van der Waals surface area contributed by atoms with Crippen LogP contribution in [0.15, 0.2) is 35.7 Å². The number of rotatable bonds is 3. The first-order valence-electron chi connectivity index (χ1n) is 7.57. The molecule has 23 heavy (non-hydrogen) atoms. The molecule has 1 atom stereocenters. The van der Waals surface area contributed by atoms with Gasteiger partial charge in [-0.05, 0) is 48.4 Å². The number of hydrogen-bond donors (Lipinski definition) is 2. The molecule has 1 aliphatic heterocycles. The third-order valence-electron chi connectivity index (χ3n) is 3.87. The van der Waals surface area contributed by atoms with Gasteiger partial charge in [0.2, 0.25) is 5.91 Å². The molecule has 2 heterocycles. The van der Waals surface area contributed by atoms with Crippen molar-refractivity contribution in [3.63, 3.8) is 0 Å². The minimum atomic E-state index is -0.492. The van der Waals surface area contributed by atoms with Gasteiger partial charge in [-0.15, -0.1) is 11.3 Å². The zero-order valence-corrected chi connectivity index (χ0v) is 13.3. The third-order valence-corrected chi connectivity index (χ3v) is 4.78. The van der Waals surface area contributed by atoms with Crippen LogP contribution in [0.2, 0.25) is 0 Å². The summed E-state index contributed by atoms with van der Waals surface area (Å²) in [5.74, 6) is -0.706. The van der Waals surface area contributed by atoms with Crippen molar-refractivity contribution in [1.82, 2.24) is 10.6 Å². The molecule has 1 aliphatic rings. The van der Waals surface area contributed by atoms with E-state index in [1.165, 1.54) is 23.5 Å². The van der Waals surface area contributed by atoms with Crippen LogP contribution < -0.4 is 10.6 Å². The van der Waals surface area contributed by atoms with E-state index in [1.54, 1.807) is 12.1 Å². The maximum Gasteiger partial charge on any atom is 0.262 e. The smallest absolute Gasteiger partial charge is 0.262 e. The van der Waals surface area contributed by atoms with Gasteiger partial charge in [0.1, 0.15) is 11.9 Å². The van der Waals surface area contributed by atoms with Crippen LogP contribution in [-0.2, 0) is 4.79 Å². The highest BCUT2D eigenvalue weighted by molar-refractivity contribution is 7.12. The van der Waals surface area contributed by atoms with E-state index in [0.29, 0.717) is 17.8 Å². The van der Waals surface area contributed by atoms with Gasteiger partial charge in [0.25, 0.3) is 5.91 Å². The number of carbonyl (C=O) groups excluding carboxylic acids is 2. The number of benzene rings is 1. The minimum absolute atomic E-state index is 0.129. The van der Waals surface area contributed by atoms with Crippen molar-refractivity contribution in [2.24, 2.45) is 0 Å². The monoisotopic (exact) mass is 332 g/mol. The lowest BCUT2D eigenvalue weighted by Gasteiger charge is -2.15. The maximum atomic E-state index is 13.1. The summed E-state index contributed by atoms with van der Waals surface area (Å²) < 4.78 is 13.1. The highest BCUT2D eigenvalue weighted by atomic mass is 32.1. The van der Waals surface area contributed by atoms with E-state index in [-0.39, 0.29) is 17.6 Å². The van der Waals surface area contributed by atoms with Crippen molar-refractivity contribution in [2.45, 2.75) is 25.3 Å². The number of carbonyl (C=O) groups is 2. The SMILES string of the molecule is O=C(N[C@@H]1CCCCNC1=O)c1sccc1-c1ccc(F)cc1. The summed E-state index contributed by atoms with van der Waals surface area (Å²) in [6.45, 7) is 0.658. The molecular weight excluding hydrogens is 315 g/mol. The van der Waals surface area contributed by atoms with Crippen molar-refractivity contribution < 1.29 is 14.0 Å². The average molecular weight is 332 g/mol. The van der Waals surface area contributed by atoms with Crippen LogP contribution in [-0.4, -0.2) is 24.4 Å².